The van der Waals surface area contributed by atoms with Crippen LogP contribution in [0.2, 0.25) is 5.15 Å². The number of halogens is 1. The zero-order chi connectivity index (χ0) is 19.6. The molecule has 0 aromatic carbocycles. The number of hydrogen-bond acceptors (Lipinski definition) is 9. The molecule has 0 spiro atoms. The molecule has 4 atom stereocenters. The lowest BCUT2D eigenvalue weighted by Crippen LogP contribution is -2.35. The van der Waals surface area contributed by atoms with Crippen LogP contribution in [0.3, 0.4) is 0 Å². The van der Waals surface area contributed by atoms with Crippen molar-refractivity contribution >= 4 is 34.9 Å². The lowest BCUT2D eigenvalue weighted by Gasteiger charge is -2.24. The summed E-state index contributed by atoms with van der Waals surface area (Å²) >= 11 is 7.73. The summed E-state index contributed by atoms with van der Waals surface area (Å²) in [6.07, 6.45) is 1.02. The van der Waals surface area contributed by atoms with Crippen LogP contribution in [-0.2, 0) is 14.2 Å². The predicted molar refractivity (Wildman–Crippen MR) is 105 cm³/mol. The molecule has 2 unspecified atom stereocenters. The number of nitrogens with two attached hydrogens (primary N) is 1. The standard InChI is InChI=1S/C17H27ClN4O4S/c1-4-7-27-16-21-14(18)11(19)15(22-16)20-9-8-10(24-6-5-23)13-12(9)25-17(2,3)26-13/h9-10,12-13,23H,4-8,19H2,1-3H3,(H,20,21,22)/t9-,10+,12?,13?/m1/s1. The van der Waals surface area contributed by atoms with E-state index in [0.717, 1.165) is 12.2 Å². The van der Waals surface area contributed by atoms with E-state index in [1.165, 1.54) is 11.8 Å². The van der Waals surface area contributed by atoms with E-state index in [-0.39, 0.29) is 42.7 Å². The molecular formula is C17H27ClN4O4S. The first kappa shape index (κ1) is 20.9. The summed E-state index contributed by atoms with van der Waals surface area (Å²) < 4.78 is 17.9. The van der Waals surface area contributed by atoms with Gasteiger partial charge in [-0.1, -0.05) is 30.3 Å². The number of aliphatic hydroxyl groups excluding tert-OH is 1. The van der Waals surface area contributed by atoms with Gasteiger partial charge in [0, 0.05) is 5.75 Å². The Kier molecular flexibility index (Phi) is 6.70. The molecule has 2 aliphatic rings. The third kappa shape index (κ3) is 4.78. The number of nitrogens with one attached hydrogen (secondary N) is 1. The highest BCUT2D eigenvalue weighted by Gasteiger charge is 2.54. The van der Waals surface area contributed by atoms with Gasteiger partial charge in [0.15, 0.2) is 21.9 Å². The Morgan fingerprint density at radius 1 is 1.37 bits per heavy atom. The van der Waals surface area contributed by atoms with E-state index in [1.54, 1.807) is 0 Å². The molecule has 1 aliphatic heterocycles. The number of thioether (sulfide) groups is 1. The average Bonchev–Trinajstić information content (AvgIpc) is 3.09. The van der Waals surface area contributed by atoms with E-state index in [2.05, 4.69) is 22.2 Å². The van der Waals surface area contributed by atoms with Crippen LogP contribution in [-0.4, -0.2) is 64.2 Å². The maximum absolute atomic E-state index is 9.08. The van der Waals surface area contributed by atoms with Crippen molar-refractivity contribution < 1.29 is 19.3 Å². The SMILES string of the molecule is CCCSc1nc(Cl)c(N)c(N[C@@H]2C[C@H](OCCO)C3OC(C)(C)OC32)n1. The lowest BCUT2D eigenvalue weighted by atomic mass is 10.2. The molecular weight excluding hydrogens is 392 g/mol. The monoisotopic (exact) mass is 418 g/mol. The van der Waals surface area contributed by atoms with Crippen LogP contribution < -0.4 is 11.1 Å². The van der Waals surface area contributed by atoms with Gasteiger partial charge in [0.25, 0.3) is 0 Å². The van der Waals surface area contributed by atoms with E-state index in [9.17, 15) is 0 Å². The van der Waals surface area contributed by atoms with Gasteiger partial charge >= 0.3 is 0 Å². The minimum atomic E-state index is -0.701. The summed E-state index contributed by atoms with van der Waals surface area (Å²) in [5.74, 6) is 0.692. The van der Waals surface area contributed by atoms with Gasteiger partial charge in [0.2, 0.25) is 0 Å². The van der Waals surface area contributed by atoms with E-state index in [4.69, 9.17) is 36.7 Å². The van der Waals surface area contributed by atoms with Gasteiger partial charge in [0.05, 0.1) is 25.4 Å². The fourth-order valence-electron chi connectivity index (χ4n) is 3.41. The van der Waals surface area contributed by atoms with Crippen LogP contribution >= 0.6 is 23.4 Å². The van der Waals surface area contributed by atoms with Gasteiger partial charge in [-0.3, -0.25) is 0 Å². The molecule has 1 aliphatic carbocycles. The molecule has 27 heavy (non-hydrogen) atoms. The van der Waals surface area contributed by atoms with Crippen LogP contribution in [0.1, 0.15) is 33.6 Å². The topological polar surface area (TPSA) is 112 Å². The van der Waals surface area contributed by atoms with E-state index < -0.39 is 5.79 Å². The van der Waals surface area contributed by atoms with Crippen molar-refractivity contribution in [1.29, 1.82) is 0 Å². The van der Waals surface area contributed by atoms with Gasteiger partial charge in [-0.25, -0.2) is 9.97 Å². The van der Waals surface area contributed by atoms with Crippen LogP contribution in [0.4, 0.5) is 11.5 Å². The Morgan fingerprint density at radius 2 is 2.11 bits per heavy atom. The highest BCUT2D eigenvalue weighted by molar-refractivity contribution is 7.99. The maximum Gasteiger partial charge on any atom is 0.191 e. The largest absolute Gasteiger partial charge is 0.394 e. The van der Waals surface area contributed by atoms with Gasteiger partial charge in [-0.05, 0) is 26.7 Å². The van der Waals surface area contributed by atoms with Gasteiger partial charge in [-0.2, -0.15) is 0 Å². The highest BCUT2D eigenvalue weighted by Crippen LogP contribution is 2.41. The van der Waals surface area contributed by atoms with Crippen LogP contribution in [0.15, 0.2) is 5.16 Å². The van der Waals surface area contributed by atoms with Crippen molar-refractivity contribution in [2.75, 3.05) is 30.0 Å². The first-order valence-corrected chi connectivity index (χ1v) is 10.5. The Labute approximate surface area is 168 Å². The van der Waals surface area contributed by atoms with Crippen molar-refractivity contribution in [2.24, 2.45) is 0 Å². The van der Waals surface area contributed by atoms with Crippen LogP contribution in [0, 0.1) is 0 Å². The summed E-state index contributed by atoms with van der Waals surface area (Å²) in [6, 6.07) is -0.113. The third-order valence-electron chi connectivity index (χ3n) is 4.47. The fourth-order valence-corrected chi connectivity index (χ4v) is 4.33. The molecule has 1 aromatic heterocycles. The number of fused-ring (bicyclic) bond motifs is 1. The molecule has 4 N–H and O–H groups in total. The highest BCUT2D eigenvalue weighted by atomic mass is 35.5. The summed E-state index contributed by atoms with van der Waals surface area (Å²) in [5, 5.41) is 13.3. The molecule has 0 bridgehead atoms. The molecule has 0 amide bonds. The average molecular weight is 419 g/mol. The van der Waals surface area contributed by atoms with E-state index >= 15 is 0 Å². The second-order valence-electron chi connectivity index (χ2n) is 7.09. The Morgan fingerprint density at radius 3 is 2.81 bits per heavy atom. The summed E-state index contributed by atoms with van der Waals surface area (Å²) in [6.45, 7) is 6.06. The zero-order valence-electron chi connectivity index (χ0n) is 15.8. The molecule has 0 radical (unpaired) electrons. The first-order chi connectivity index (χ1) is 12.8. The number of anilines is 2. The van der Waals surface area contributed by atoms with E-state index in [1.807, 2.05) is 13.8 Å². The molecule has 3 rings (SSSR count). The second kappa shape index (κ2) is 8.67. The fraction of sp³-hybridized carbons (Fsp3) is 0.765. The Bertz CT molecular complexity index is 666. The lowest BCUT2D eigenvalue weighted by molar-refractivity contribution is -0.167. The number of nitrogens with zero attached hydrogens (tertiary/aromatic N) is 2. The van der Waals surface area contributed by atoms with E-state index in [0.29, 0.717) is 23.1 Å². The van der Waals surface area contributed by atoms with Crippen LogP contribution in [0.5, 0.6) is 0 Å². The number of aromatic nitrogens is 2. The second-order valence-corrected chi connectivity index (χ2v) is 8.51. The predicted octanol–water partition coefficient (Wildman–Crippen LogP) is 2.30. The van der Waals surface area contributed by atoms with Crippen molar-refractivity contribution in [3.05, 3.63) is 5.15 Å². The molecule has 8 nitrogen and oxygen atoms in total. The molecule has 1 saturated heterocycles. The number of nitrogen functional groups attached to an aromatic ring is 1. The zero-order valence-corrected chi connectivity index (χ0v) is 17.3. The molecule has 2 heterocycles. The van der Waals surface area contributed by atoms with Gasteiger partial charge in [0.1, 0.15) is 17.9 Å². The molecule has 1 saturated carbocycles. The third-order valence-corrected chi connectivity index (χ3v) is 5.81. The van der Waals surface area contributed by atoms with Crippen molar-refractivity contribution in [2.45, 2.75) is 68.9 Å². The molecule has 2 fully saturated rings. The molecule has 10 heteroatoms. The minimum absolute atomic E-state index is 0.0390. The van der Waals surface area contributed by atoms with Crippen molar-refractivity contribution in [3.8, 4) is 0 Å². The van der Waals surface area contributed by atoms with Gasteiger partial charge < -0.3 is 30.4 Å². The summed E-state index contributed by atoms with van der Waals surface area (Å²) in [7, 11) is 0. The smallest absolute Gasteiger partial charge is 0.191 e. The molecule has 152 valence electrons. The van der Waals surface area contributed by atoms with Gasteiger partial charge in [-0.15, -0.1) is 0 Å². The molecule has 1 aromatic rings. The first-order valence-electron chi connectivity index (χ1n) is 9.15. The van der Waals surface area contributed by atoms with Crippen molar-refractivity contribution in [1.82, 2.24) is 9.97 Å². The summed E-state index contributed by atoms with van der Waals surface area (Å²) in [4.78, 5) is 8.76. The van der Waals surface area contributed by atoms with Crippen LogP contribution in [0.25, 0.3) is 0 Å². The number of aliphatic hydroxyl groups is 1. The van der Waals surface area contributed by atoms with Crippen molar-refractivity contribution in [3.63, 3.8) is 0 Å². The number of ether oxygens (including phenoxy) is 3. The Hall–Kier alpha value is -0.840. The summed E-state index contributed by atoms with van der Waals surface area (Å²) in [5.41, 5.74) is 6.41. The normalized spacial score (nSPS) is 29.1. The number of hydrogen-bond donors (Lipinski definition) is 3. The Balaban J connectivity index is 1.79. The maximum atomic E-state index is 9.08. The number of rotatable bonds is 8. The minimum Gasteiger partial charge on any atom is -0.394 e. The quantitative estimate of drug-likeness (QED) is 0.332.